The minimum atomic E-state index is -0.321. The van der Waals surface area contributed by atoms with E-state index in [2.05, 4.69) is 0 Å². The fourth-order valence-corrected chi connectivity index (χ4v) is 1.58. The highest BCUT2D eigenvalue weighted by atomic mass is 16.6. The number of carbonyl (C=O) groups excluding carboxylic acids is 2. The maximum absolute atomic E-state index is 11.7. The second kappa shape index (κ2) is 8.35. The molecule has 0 bridgehead atoms. The number of esters is 2. The van der Waals surface area contributed by atoms with Crippen molar-refractivity contribution >= 4 is 11.9 Å². The van der Waals surface area contributed by atoms with Gasteiger partial charge in [0.15, 0.2) is 11.5 Å². The van der Waals surface area contributed by atoms with Crippen molar-refractivity contribution in [3.8, 4) is 11.5 Å². The van der Waals surface area contributed by atoms with E-state index in [-0.39, 0.29) is 11.9 Å². The molecule has 0 aromatic heterocycles. The van der Waals surface area contributed by atoms with Crippen molar-refractivity contribution in [1.29, 1.82) is 0 Å². The van der Waals surface area contributed by atoms with Crippen LogP contribution in [0.15, 0.2) is 24.3 Å². The number of rotatable bonds is 7. The summed E-state index contributed by atoms with van der Waals surface area (Å²) in [5.41, 5.74) is 0. The predicted molar refractivity (Wildman–Crippen MR) is 76.7 cm³/mol. The van der Waals surface area contributed by atoms with E-state index in [1.54, 1.807) is 24.3 Å². The Labute approximate surface area is 120 Å². The highest BCUT2D eigenvalue weighted by Crippen LogP contribution is 2.27. The molecule has 0 unspecified atom stereocenters. The molecule has 0 amide bonds. The van der Waals surface area contributed by atoms with Gasteiger partial charge < -0.3 is 9.47 Å². The topological polar surface area (TPSA) is 52.6 Å². The number of para-hydroxylation sites is 2. The maximum atomic E-state index is 11.7. The molecule has 4 heteroatoms. The van der Waals surface area contributed by atoms with E-state index in [9.17, 15) is 9.59 Å². The second-order valence-electron chi connectivity index (χ2n) is 5.08. The predicted octanol–water partition coefficient (Wildman–Crippen LogP) is 3.73. The smallest absolute Gasteiger partial charge is 0.311 e. The molecule has 0 saturated carbocycles. The van der Waals surface area contributed by atoms with Crippen LogP contribution in [0.25, 0.3) is 0 Å². The van der Waals surface area contributed by atoms with Crippen LogP contribution < -0.4 is 9.47 Å². The van der Waals surface area contributed by atoms with Crippen molar-refractivity contribution in [2.45, 2.75) is 46.5 Å². The minimum absolute atomic E-state index is 0.295. The Morgan fingerprint density at radius 3 is 1.95 bits per heavy atom. The largest absolute Gasteiger partial charge is 0.423 e. The van der Waals surface area contributed by atoms with Gasteiger partial charge in [-0.15, -0.1) is 0 Å². The summed E-state index contributed by atoms with van der Waals surface area (Å²) in [7, 11) is 0. The lowest BCUT2D eigenvalue weighted by Crippen LogP contribution is -2.12. The zero-order chi connectivity index (χ0) is 15.0. The Morgan fingerprint density at radius 2 is 1.50 bits per heavy atom. The van der Waals surface area contributed by atoms with Gasteiger partial charge in [-0.25, -0.2) is 0 Å². The fourth-order valence-electron chi connectivity index (χ4n) is 1.58. The standard InChI is InChI=1S/C16H22O4/c1-4-7-15(17)19-13-8-5-6-9-14(13)20-16(18)11-10-12(2)3/h5-6,8-9,12H,4,7,10-11H2,1-3H3. The Kier molecular flexibility index (Phi) is 6.77. The van der Waals surface area contributed by atoms with E-state index >= 15 is 0 Å². The highest BCUT2D eigenvalue weighted by molar-refractivity contribution is 5.76. The van der Waals surface area contributed by atoms with E-state index in [0.29, 0.717) is 30.3 Å². The zero-order valence-corrected chi connectivity index (χ0v) is 12.3. The number of carbonyl (C=O) groups is 2. The summed E-state index contributed by atoms with van der Waals surface area (Å²) in [6, 6.07) is 6.72. The van der Waals surface area contributed by atoms with Crippen LogP contribution in [0.5, 0.6) is 11.5 Å². The van der Waals surface area contributed by atoms with Gasteiger partial charge >= 0.3 is 11.9 Å². The van der Waals surface area contributed by atoms with E-state index in [1.165, 1.54) is 0 Å². The molecule has 1 rings (SSSR count). The van der Waals surface area contributed by atoms with Crippen LogP contribution in [0, 0.1) is 5.92 Å². The molecule has 0 saturated heterocycles. The van der Waals surface area contributed by atoms with E-state index in [0.717, 1.165) is 12.8 Å². The maximum Gasteiger partial charge on any atom is 0.311 e. The second-order valence-corrected chi connectivity index (χ2v) is 5.08. The summed E-state index contributed by atoms with van der Waals surface area (Å²) >= 11 is 0. The summed E-state index contributed by atoms with van der Waals surface area (Å²) < 4.78 is 10.5. The molecule has 4 nitrogen and oxygen atoms in total. The number of benzene rings is 1. The Bertz CT molecular complexity index is 452. The fraction of sp³-hybridized carbons (Fsp3) is 0.500. The highest BCUT2D eigenvalue weighted by Gasteiger charge is 2.13. The van der Waals surface area contributed by atoms with E-state index in [1.807, 2.05) is 20.8 Å². The van der Waals surface area contributed by atoms with Crippen molar-refractivity contribution < 1.29 is 19.1 Å². The molecule has 0 fully saturated rings. The third-order valence-electron chi connectivity index (χ3n) is 2.68. The quantitative estimate of drug-likeness (QED) is 0.563. The van der Waals surface area contributed by atoms with Gasteiger partial charge in [0.05, 0.1) is 0 Å². The van der Waals surface area contributed by atoms with Crippen molar-refractivity contribution in [3.05, 3.63) is 24.3 Å². The number of ether oxygens (including phenoxy) is 2. The molecule has 110 valence electrons. The van der Waals surface area contributed by atoms with E-state index in [4.69, 9.17) is 9.47 Å². The van der Waals surface area contributed by atoms with Crippen LogP contribution in [0.2, 0.25) is 0 Å². The van der Waals surface area contributed by atoms with Crippen LogP contribution in [0.3, 0.4) is 0 Å². The molecular weight excluding hydrogens is 256 g/mol. The molecule has 20 heavy (non-hydrogen) atoms. The molecule has 0 N–H and O–H groups in total. The third kappa shape index (κ3) is 5.87. The summed E-state index contributed by atoms with van der Waals surface area (Å²) in [4.78, 5) is 23.2. The molecule has 0 atom stereocenters. The van der Waals surface area contributed by atoms with Crippen LogP contribution in [0.4, 0.5) is 0 Å². The third-order valence-corrected chi connectivity index (χ3v) is 2.68. The number of hydrogen-bond acceptors (Lipinski definition) is 4. The average Bonchev–Trinajstić information content (AvgIpc) is 2.39. The van der Waals surface area contributed by atoms with Crippen LogP contribution in [0.1, 0.15) is 46.5 Å². The first-order valence-corrected chi connectivity index (χ1v) is 7.03. The first-order valence-electron chi connectivity index (χ1n) is 7.03. The van der Waals surface area contributed by atoms with Gasteiger partial charge in [0.25, 0.3) is 0 Å². The van der Waals surface area contributed by atoms with Crippen molar-refractivity contribution in [1.82, 2.24) is 0 Å². The van der Waals surface area contributed by atoms with Gasteiger partial charge in [-0.05, 0) is 30.9 Å². The average molecular weight is 278 g/mol. The monoisotopic (exact) mass is 278 g/mol. The first-order chi connectivity index (χ1) is 9.52. The van der Waals surface area contributed by atoms with Crippen molar-refractivity contribution in [2.24, 2.45) is 5.92 Å². The van der Waals surface area contributed by atoms with Crippen LogP contribution in [-0.2, 0) is 9.59 Å². The Hall–Kier alpha value is -1.84. The summed E-state index contributed by atoms with van der Waals surface area (Å²) in [6.45, 7) is 6.00. The van der Waals surface area contributed by atoms with Crippen molar-refractivity contribution in [2.75, 3.05) is 0 Å². The van der Waals surface area contributed by atoms with Gasteiger partial charge in [-0.3, -0.25) is 9.59 Å². The number of hydrogen-bond donors (Lipinski definition) is 0. The van der Waals surface area contributed by atoms with Crippen LogP contribution in [-0.4, -0.2) is 11.9 Å². The molecule has 0 aliphatic carbocycles. The van der Waals surface area contributed by atoms with Crippen LogP contribution >= 0.6 is 0 Å². The molecule has 0 heterocycles. The normalized spacial score (nSPS) is 10.4. The van der Waals surface area contributed by atoms with Gasteiger partial charge in [0.1, 0.15) is 0 Å². The summed E-state index contributed by atoms with van der Waals surface area (Å²) in [5.74, 6) is 0.408. The van der Waals surface area contributed by atoms with Gasteiger partial charge in [-0.1, -0.05) is 32.9 Å². The molecule has 0 radical (unpaired) electrons. The first kappa shape index (κ1) is 16.2. The van der Waals surface area contributed by atoms with Gasteiger partial charge in [0, 0.05) is 12.8 Å². The lowest BCUT2D eigenvalue weighted by molar-refractivity contribution is -0.137. The lowest BCUT2D eigenvalue weighted by atomic mass is 10.1. The van der Waals surface area contributed by atoms with E-state index < -0.39 is 0 Å². The van der Waals surface area contributed by atoms with Gasteiger partial charge in [-0.2, -0.15) is 0 Å². The molecule has 0 aliphatic heterocycles. The van der Waals surface area contributed by atoms with Crippen molar-refractivity contribution in [3.63, 3.8) is 0 Å². The molecule has 0 spiro atoms. The van der Waals surface area contributed by atoms with Gasteiger partial charge in [0.2, 0.25) is 0 Å². The molecule has 1 aromatic rings. The SMILES string of the molecule is CCCC(=O)Oc1ccccc1OC(=O)CCC(C)C. The zero-order valence-electron chi connectivity index (χ0n) is 12.3. The Balaban J connectivity index is 2.65. The summed E-state index contributed by atoms with van der Waals surface area (Å²) in [5, 5.41) is 0. The molecular formula is C16H22O4. The Morgan fingerprint density at radius 1 is 1.00 bits per heavy atom. The lowest BCUT2D eigenvalue weighted by Gasteiger charge is -2.10. The minimum Gasteiger partial charge on any atom is -0.423 e. The molecule has 0 aliphatic rings. The summed E-state index contributed by atoms with van der Waals surface area (Å²) in [6.07, 6.45) is 2.19. The molecule has 1 aromatic carbocycles.